The Bertz CT molecular complexity index is 538. The average molecular weight is 219 g/mol. The molecule has 16 heavy (non-hydrogen) atoms. The van der Waals surface area contributed by atoms with E-state index in [2.05, 4.69) is 11.6 Å². The van der Waals surface area contributed by atoms with Gasteiger partial charge in [-0.3, -0.25) is 4.98 Å². The van der Waals surface area contributed by atoms with Crippen molar-refractivity contribution in [3.8, 4) is 5.75 Å². The largest absolute Gasteiger partial charge is 0.494 e. The number of fused-ring (bicyclic) bond motifs is 1. The van der Waals surface area contributed by atoms with E-state index in [9.17, 15) is 4.79 Å². The van der Waals surface area contributed by atoms with E-state index in [-0.39, 0.29) is 0 Å². The first-order chi connectivity index (χ1) is 7.79. The maximum Gasteiger partial charge on any atom is 0.417 e. The fourth-order valence-corrected chi connectivity index (χ4v) is 1.44. The first-order valence-electron chi connectivity index (χ1n) is 5.16. The molecule has 4 nitrogen and oxygen atoms in total. The summed E-state index contributed by atoms with van der Waals surface area (Å²) < 4.78 is 10.4. The second-order valence-electron chi connectivity index (χ2n) is 3.45. The van der Waals surface area contributed by atoms with Crippen molar-refractivity contribution in [2.75, 3.05) is 6.61 Å². The molecule has 2 aromatic rings. The number of oxazole rings is 1. The highest BCUT2D eigenvalue weighted by Gasteiger charge is 2.02. The standard InChI is InChI=1S/C12H13NO3/c1-2-3-4-7-15-9-5-6-11-10(8-9)13-12(14)16-11/h2,5-6,8H,1,3-4,7H2,(H,13,14). The minimum atomic E-state index is -0.446. The van der Waals surface area contributed by atoms with E-state index in [1.165, 1.54) is 0 Å². The number of aromatic nitrogens is 1. The summed E-state index contributed by atoms with van der Waals surface area (Å²) >= 11 is 0. The summed E-state index contributed by atoms with van der Waals surface area (Å²) in [7, 11) is 0. The zero-order valence-electron chi connectivity index (χ0n) is 8.86. The first-order valence-corrected chi connectivity index (χ1v) is 5.16. The van der Waals surface area contributed by atoms with Gasteiger partial charge in [0.15, 0.2) is 5.58 Å². The minimum Gasteiger partial charge on any atom is -0.494 e. The Balaban J connectivity index is 2.07. The molecule has 2 rings (SSSR count). The highest BCUT2D eigenvalue weighted by molar-refractivity contribution is 5.73. The van der Waals surface area contributed by atoms with Crippen LogP contribution in [0.2, 0.25) is 0 Å². The fraction of sp³-hybridized carbons (Fsp3) is 0.250. The summed E-state index contributed by atoms with van der Waals surface area (Å²) in [6.07, 6.45) is 3.73. The lowest BCUT2D eigenvalue weighted by molar-refractivity contribution is 0.312. The van der Waals surface area contributed by atoms with Gasteiger partial charge in [0.05, 0.1) is 12.1 Å². The van der Waals surface area contributed by atoms with E-state index in [0.717, 1.165) is 18.6 Å². The minimum absolute atomic E-state index is 0.446. The predicted molar refractivity (Wildman–Crippen MR) is 61.8 cm³/mol. The van der Waals surface area contributed by atoms with Crippen LogP contribution in [-0.2, 0) is 0 Å². The van der Waals surface area contributed by atoms with Crippen LogP contribution in [-0.4, -0.2) is 11.6 Å². The van der Waals surface area contributed by atoms with Crippen LogP contribution in [0.15, 0.2) is 40.1 Å². The summed E-state index contributed by atoms with van der Waals surface area (Å²) in [6, 6.07) is 5.26. The molecular weight excluding hydrogens is 206 g/mol. The van der Waals surface area contributed by atoms with Gasteiger partial charge in [-0.1, -0.05) is 6.08 Å². The molecule has 0 aliphatic carbocycles. The Labute approximate surface area is 92.5 Å². The highest BCUT2D eigenvalue weighted by atomic mass is 16.5. The van der Waals surface area contributed by atoms with Gasteiger partial charge in [-0.25, -0.2) is 4.79 Å². The van der Waals surface area contributed by atoms with Gasteiger partial charge in [-0.15, -0.1) is 6.58 Å². The fourth-order valence-electron chi connectivity index (χ4n) is 1.44. The van der Waals surface area contributed by atoms with Gasteiger partial charge >= 0.3 is 5.76 Å². The molecule has 0 saturated heterocycles. The van der Waals surface area contributed by atoms with Crippen LogP contribution in [0.1, 0.15) is 12.8 Å². The number of nitrogens with one attached hydrogen (secondary N) is 1. The number of hydrogen-bond donors (Lipinski definition) is 1. The monoisotopic (exact) mass is 219 g/mol. The van der Waals surface area contributed by atoms with Crippen LogP contribution in [0, 0.1) is 0 Å². The van der Waals surface area contributed by atoms with Crippen molar-refractivity contribution in [3.05, 3.63) is 41.4 Å². The molecule has 0 aliphatic rings. The molecule has 84 valence electrons. The smallest absolute Gasteiger partial charge is 0.417 e. The number of allylic oxidation sites excluding steroid dienone is 1. The SMILES string of the molecule is C=CCCCOc1ccc2oc(=O)[nH]c2c1. The van der Waals surface area contributed by atoms with Crippen molar-refractivity contribution >= 4 is 11.1 Å². The van der Waals surface area contributed by atoms with E-state index in [0.29, 0.717) is 17.7 Å². The number of aromatic amines is 1. The summed E-state index contributed by atoms with van der Waals surface area (Å²) in [6.45, 7) is 4.28. The van der Waals surface area contributed by atoms with Gasteiger partial charge < -0.3 is 9.15 Å². The van der Waals surface area contributed by atoms with Gasteiger partial charge in [-0.2, -0.15) is 0 Å². The van der Waals surface area contributed by atoms with Crippen LogP contribution >= 0.6 is 0 Å². The number of hydrogen-bond acceptors (Lipinski definition) is 3. The van der Waals surface area contributed by atoms with Gasteiger partial charge in [-0.05, 0) is 25.0 Å². The van der Waals surface area contributed by atoms with Gasteiger partial charge in [0.1, 0.15) is 5.75 Å². The topological polar surface area (TPSA) is 55.2 Å². The van der Waals surface area contributed by atoms with E-state index in [4.69, 9.17) is 9.15 Å². The third kappa shape index (κ3) is 2.34. The average Bonchev–Trinajstić information content (AvgIpc) is 2.64. The maximum atomic E-state index is 10.9. The van der Waals surface area contributed by atoms with Crippen molar-refractivity contribution in [2.24, 2.45) is 0 Å². The molecular formula is C12H13NO3. The summed E-state index contributed by atoms with van der Waals surface area (Å²) in [5.74, 6) is 0.285. The Morgan fingerprint density at radius 3 is 3.19 bits per heavy atom. The number of unbranched alkanes of at least 4 members (excludes halogenated alkanes) is 1. The molecule has 0 spiro atoms. The molecule has 0 fully saturated rings. The summed E-state index contributed by atoms with van der Waals surface area (Å²) in [5.41, 5.74) is 1.20. The molecule has 1 heterocycles. The third-order valence-corrected chi connectivity index (χ3v) is 2.21. The molecule has 0 amide bonds. The molecule has 0 bridgehead atoms. The van der Waals surface area contributed by atoms with Crippen LogP contribution in [0.4, 0.5) is 0 Å². The number of benzene rings is 1. The Morgan fingerprint density at radius 1 is 1.50 bits per heavy atom. The maximum absolute atomic E-state index is 10.9. The number of H-pyrrole nitrogens is 1. The van der Waals surface area contributed by atoms with E-state index >= 15 is 0 Å². The van der Waals surface area contributed by atoms with E-state index < -0.39 is 5.76 Å². The van der Waals surface area contributed by atoms with Gasteiger partial charge in [0.2, 0.25) is 0 Å². The predicted octanol–water partition coefficient (Wildman–Crippen LogP) is 2.47. The van der Waals surface area contributed by atoms with Crippen molar-refractivity contribution < 1.29 is 9.15 Å². The van der Waals surface area contributed by atoms with Crippen LogP contribution in [0.3, 0.4) is 0 Å². The molecule has 4 heteroatoms. The lowest BCUT2D eigenvalue weighted by Crippen LogP contribution is -1.96. The quantitative estimate of drug-likeness (QED) is 0.620. The molecule has 0 radical (unpaired) electrons. The molecule has 1 N–H and O–H groups in total. The van der Waals surface area contributed by atoms with Gasteiger partial charge in [0.25, 0.3) is 0 Å². The molecule has 1 aromatic heterocycles. The molecule has 0 atom stereocenters. The van der Waals surface area contributed by atoms with Crippen molar-refractivity contribution in [1.29, 1.82) is 0 Å². The van der Waals surface area contributed by atoms with Crippen molar-refractivity contribution in [1.82, 2.24) is 4.98 Å². The third-order valence-electron chi connectivity index (χ3n) is 2.21. The zero-order chi connectivity index (χ0) is 11.4. The molecule has 0 saturated carbocycles. The lowest BCUT2D eigenvalue weighted by Gasteiger charge is -2.04. The normalized spacial score (nSPS) is 10.5. The van der Waals surface area contributed by atoms with Crippen LogP contribution in [0.5, 0.6) is 5.75 Å². The van der Waals surface area contributed by atoms with Crippen LogP contribution in [0.25, 0.3) is 11.1 Å². The number of rotatable bonds is 5. The molecule has 0 aliphatic heterocycles. The van der Waals surface area contributed by atoms with Crippen LogP contribution < -0.4 is 10.5 Å². The van der Waals surface area contributed by atoms with E-state index in [1.54, 1.807) is 18.2 Å². The second-order valence-corrected chi connectivity index (χ2v) is 3.45. The highest BCUT2D eigenvalue weighted by Crippen LogP contribution is 2.18. The Morgan fingerprint density at radius 2 is 2.38 bits per heavy atom. The summed E-state index contributed by atoms with van der Waals surface area (Å²) in [5, 5.41) is 0. The molecule has 1 aromatic carbocycles. The van der Waals surface area contributed by atoms with Crippen molar-refractivity contribution in [3.63, 3.8) is 0 Å². The van der Waals surface area contributed by atoms with Crippen molar-refractivity contribution in [2.45, 2.75) is 12.8 Å². The Kier molecular flexibility index (Phi) is 3.10. The second kappa shape index (κ2) is 4.70. The first kappa shape index (κ1) is 10.5. The summed E-state index contributed by atoms with van der Waals surface area (Å²) in [4.78, 5) is 13.5. The number of ether oxygens (including phenoxy) is 1. The Hall–Kier alpha value is -1.97. The lowest BCUT2D eigenvalue weighted by atomic mass is 10.3. The zero-order valence-corrected chi connectivity index (χ0v) is 8.86. The van der Waals surface area contributed by atoms with E-state index in [1.807, 2.05) is 6.08 Å². The van der Waals surface area contributed by atoms with Gasteiger partial charge in [0, 0.05) is 6.07 Å². The molecule has 0 unspecified atom stereocenters.